The van der Waals surface area contributed by atoms with Gasteiger partial charge in [0.25, 0.3) is 5.91 Å². The van der Waals surface area contributed by atoms with Gasteiger partial charge >= 0.3 is 0 Å². The minimum atomic E-state index is -0.529. The Morgan fingerprint density at radius 3 is 2.65 bits per heavy atom. The van der Waals surface area contributed by atoms with Crippen LogP contribution in [0.3, 0.4) is 0 Å². The number of benzene rings is 2. The summed E-state index contributed by atoms with van der Waals surface area (Å²) < 4.78 is 13.4. The zero-order valence-electron chi connectivity index (χ0n) is 12.0. The molecular formula is C17H13FN4O. The third-order valence-corrected chi connectivity index (χ3v) is 3.38. The largest absolute Gasteiger partial charge is 0.370 e. The van der Waals surface area contributed by atoms with Crippen molar-refractivity contribution in [2.24, 2.45) is 16.5 Å². The highest BCUT2D eigenvalue weighted by atomic mass is 19.1. The second-order valence-electron chi connectivity index (χ2n) is 4.98. The van der Waals surface area contributed by atoms with E-state index in [1.807, 2.05) is 18.2 Å². The molecule has 2 aromatic carbocycles. The smallest absolute Gasteiger partial charge is 0.280 e. The summed E-state index contributed by atoms with van der Waals surface area (Å²) in [7, 11) is 0. The van der Waals surface area contributed by atoms with Crippen molar-refractivity contribution in [3.05, 3.63) is 66.2 Å². The number of pyridine rings is 1. The molecule has 23 heavy (non-hydrogen) atoms. The third kappa shape index (κ3) is 3.01. The van der Waals surface area contributed by atoms with Gasteiger partial charge in [-0.2, -0.15) is 4.99 Å². The quantitative estimate of drug-likeness (QED) is 0.561. The first-order valence-electron chi connectivity index (χ1n) is 6.82. The second kappa shape index (κ2) is 5.84. The van der Waals surface area contributed by atoms with E-state index in [1.54, 1.807) is 24.4 Å². The fourth-order valence-electron chi connectivity index (χ4n) is 2.40. The minimum absolute atomic E-state index is 0.294. The average Bonchev–Trinajstić information content (AvgIpc) is 2.53. The molecule has 0 aliphatic carbocycles. The molecule has 0 aliphatic rings. The van der Waals surface area contributed by atoms with Crippen LogP contribution in [0.25, 0.3) is 21.9 Å². The highest BCUT2D eigenvalue weighted by molar-refractivity contribution is 6.06. The lowest BCUT2D eigenvalue weighted by Gasteiger charge is -2.08. The maximum atomic E-state index is 13.4. The molecular weight excluding hydrogens is 295 g/mol. The zero-order chi connectivity index (χ0) is 16.4. The number of aliphatic imine (C=N–C) groups is 1. The van der Waals surface area contributed by atoms with Crippen molar-refractivity contribution in [2.45, 2.75) is 0 Å². The SMILES string of the molecule is NC(N)=NC(=O)c1ccc2cccc(-c3cncc(F)c3)c2c1. The van der Waals surface area contributed by atoms with Crippen molar-refractivity contribution in [3.8, 4) is 11.1 Å². The maximum Gasteiger partial charge on any atom is 0.280 e. The molecule has 0 bridgehead atoms. The fraction of sp³-hybridized carbons (Fsp3) is 0. The molecule has 6 heteroatoms. The predicted molar refractivity (Wildman–Crippen MR) is 87.3 cm³/mol. The lowest BCUT2D eigenvalue weighted by Crippen LogP contribution is -2.24. The summed E-state index contributed by atoms with van der Waals surface area (Å²) in [6, 6.07) is 12.1. The van der Waals surface area contributed by atoms with E-state index in [1.165, 1.54) is 6.07 Å². The number of aromatic nitrogens is 1. The molecule has 1 heterocycles. The van der Waals surface area contributed by atoms with E-state index < -0.39 is 11.7 Å². The number of nitrogens with zero attached hydrogens (tertiary/aromatic N) is 2. The Hall–Kier alpha value is -3.28. The summed E-state index contributed by atoms with van der Waals surface area (Å²) in [6.07, 6.45) is 2.71. The Morgan fingerprint density at radius 2 is 1.91 bits per heavy atom. The molecule has 0 saturated heterocycles. The maximum absolute atomic E-state index is 13.4. The van der Waals surface area contributed by atoms with Gasteiger partial charge in [-0.25, -0.2) is 4.39 Å². The number of halogens is 1. The van der Waals surface area contributed by atoms with Crippen LogP contribution >= 0.6 is 0 Å². The van der Waals surface area contributed by atoms with Crippen molar-refractivity contribution in [2.75, 3.05) is 0 Å². The van der Waals surface area contributed by atoms with Crippen LogP contribution in [-0.2, 0) is 0 Å². The molecule has 1 aromatic heterocycles. The van der Waals surface area contributed by atoms with Gasteiger partial charge in [0, 0.05) is 17.3 Å². The fourth-order valence-corrected chi connectivity index (χ4v) is 2.40. The predicted octanol–water partition coefficient (Wildman–Crippen LogP) is 2.45. The molecule has 3 rings (SSSR count). The van der Waals surface area contributed by atoms with Crippen LogP contribution in [0.2, 0.25) is 0 Å². The topological polar surface area (TPSA) is 94.4 Å². The standard InChI is InChI=1S/C17H13FN4O/c18-13-6-12(8-21-9-13)14-3-1-2-10-4-5-11(7-15(10)14)16(23)22-17(19)20/h1-9H,(H4,19,20,22,23). The van der Waals surface area contributed by atoms with E-state index >= 15 is 0 Å². The summed E-state index contributed by atoms with van der Waals surface area (Å²) in [4.78, 5) is 19.4. The van der Waals surface area contributed by atoms with Gasteiger partial charge in [0.15, 0.2) is 5.96 Å². The monoisotopic (exact) mass is 308 g/mol. The van der Waals surface area contributed by atoms with E-state index in [0.29, 0.717) is 11.1 Å². The summed E-state index contributed by atoms with van der Waals surface area (Å²) in [6.45, 7) is 0. The van der Waals surface area contributed by atoms with E-state index in [9.17, 15) is 9.18 Å². The molecule has 114 valence electrons. The number of hydrogen-bond donors (Lipinski definition) is 2. The molecule has 0 aliphatic heterocycles. The first kappa shape index (κ1) is 14.6. The van der Waals surface area contributed by atoms with Gasteiger partial charge in [-0.3, -0.25) is 9.78 Å². The molecule has 0 atom stereocenters. The first-order chi connectivity index (χ1) is 11.0. The summed E-state index contributed by atoms with van der Waals surface area (Å²) in [5.41, 5.74) is 12.2. The van der Waals surface area contributed by atoms with Crippen LogP contribution < -0.4 is 11.5 Å². The Morgan fingerprint density at radius 1 is 1.09 bits per heavy atom. The summed E-state index contributed by atoms with van der Waals surface area (Å²) in [5, 5.41) is 1.70. The van der Waals surface area contributed by atoms with Gasteiger partial charge in [0.1, 0.15) is 5.82 Å². The summed E-state index contributed by atoms with van der Waals surface area (Å²) in [5.74, 6) is -1.25. The molecule has 0 fully saturated rings. The highest BCUT2D eigenvalue weighted by Crippen LogP contribution is 2.29. The lowest BCUT2D eigenvalue weighted by molar-refractivity contribution is 0.100. The van der Waals surface area contributed by atoms with E-state index in [-0.39, 0.29) is 5.96 Å². The Labute approximate surface area is 131 Å². The molecule has 0 radical (unpaired) electrons. The number of carbonyl (C=O) groups excluding carboxylic acids is 1. The summed E-state index contributed by atoms with van der Waals surface area (Å²) >= 11 is 0. The number of nitrogens with two attached hydrogens (primary N) is 2. The second-order valence-corrected chi connectivity index (χ2v) is 4.98. The highest BCUT2D eigenvalue weighted by Gasteiger charge is 2.10. The van der Waals surface area contributed by atoms with Gasteiger partial charge in [-0.05, 0) is 34.5 Å². The normalized spacial score (nSPS) is 10.5. The van der Waals surface area contributed by atoms with E-state index in [0.717, 1.165) is 22.5 Å². The van der Waals surface area contributed by atoms with Crippen LogP contribution in [-0.4, -0.2) is 16.9 Å². The number of carbonyl (C=O) groups is 1. The molecule has 0 saturated carbocycles. The van der Waals surface area contributed by atoms with Crippen LogP contribution in [0.1, 0.15) is 10.4 Å². The minimum Gasteiger partial charge on any atom is -0.370 e. The van der Waals surface area contributed by atoms with Gasteiger partial charge in [0.05, 0.1) is 6.20 Å². The van der Waals surface area contributed by atoms with Gasteiger partial charge in [0.2, 0.25) is 0 Å². The molecule has 0 unspecified atom stereocenters. The Balaban J connectivity index is 2.19. The van der Waals surface area contributed by atoms with Gasteiger partial charge in [-0.1, -0.05) is 24.3 Å². The van der Waals surface area contributed by atoms with Gasteiger partial charge in [-0.15, -0.1) is 0 Å². The van der Waals surface area contributed by atoms with Crippen LogP contribution in [0, 0.1) is 5.82 Å². The first-order valence-corrected chi connectivity index (χ1v) is 6.82. The van der Waals surface area contributed by atoms with E-state index in [4.69, 9.17) is 11.5 Å². The van der Waals surface area contributed by atoms with Crippen molar-refractivity contribution < 1.29 is 9.18 Å². The van der Waals surface area contributed by atoms with Crippen molar-refractivity contribution in [3.63, 3.8) is 0 Å². The number of hydrogen-bond acceptors (Lipinski definition) is 2. The molecule has 5 nitrogen and oxygen atoms in total. The van der Waals surface area contributed by atoms with Gasteiger partial charge < -0.3 is 11.5 Å². The van der Waals surface area contributed by atoms with Crippen molar-refractivity contribution in [1.82, 2.24) is 4.98 Å². The molecule has 1 amide bonds. The number of guanidine groups is 1. The number of rotatable bonds is 2. The number of amides is 1. The zero-order valence-corrected chi connectivity index (χ0v) is 12.0. The van der Waals surface area contributed by atoms with Crippen LogP contribution in [0.15, 0.2) is 59.9 Å². The van der Waals surface area contributed by atoms with Crippen LogP contribution in [0.4, 0.5) is 4.39 Å². The van der Waals surface area contributed by atoms with Crippen molar-refractivity contribution >= 4 is 22.6 Å². The Bertz CT molecular complexity index is 933. The van der Waals surface area contributed by atoms with Crippen molar-refractivity contribution in [1.29, 1.82) is 0 Å². The Kier molecular flexibility index (Phi) is 3.72. The number of fused-ring (bicyclic) bond motifs is 1. The van der Waals surface area contributed by atoms with E-state index in [2.05, 4.69) is 9.98 Å². The molecule has 4 N–H and O–H groups in total. The lowest BCUT2D eigenvalue weighted by atomic mass is 9.97. The molecule has 3 aromatic rings. The van der Waals surface area contributed by atoms with Crippen LogP contribution in [0.5, 0.6) is 0 Å². The third-order valence-electron chi connectivity index (χ3n) is 3.38. The molecule has 0 spiro atoms. The average molecular weight is 308 g/mol.